The summed E-state index contributed by atoms with van der Waals surface area (Å²) in [6.07, 6.45) is 0. The van der Waals surface area contributed by atoms with Crippen molar-refractivity contribution in [2.75, 3.05) is 0 Å². The van der Waals surface area contributed by atoms with E-state index >= 15 is 0 Å². The van der Waals surface area contributed by atoms with Crippen LogP contribution in [0.5, 0.6) is 0 Å². The van der Waals surface area contributed by atoms with Gasteiger partial charge in [0.1, 0.15) is 0 Å². The van der Waals surface area contributed by atoms with Gasteiger partial charge in [0.05, 0.1) is 36.4 Å². The van der Waals surface area contributed by atoms with Gasteiger partial charge in [-0.15, -0.1) is 9.35 Å². The van der Waals surface area contributed by atoms with Gasteiger partial charge in [-0.05, 0) is 0 Å². The predicted octanol–water partition coefficient (Wildman–Crippen LogP) is 2.13. The topological polar surface area (TPSA) is 9.72 Å². The SMILES string of the molecule is SN1SN(S)SN(S)S1. The Hall–Kier alpha value is 1.98. The maximum Gasteiger partial charge on any atom is 0.0556 e. The minimum absolute atomic E-state index is 1.38. The Morgan fingerprint density at radius 3 is 1.11 bits per heavy atom. The summed E-state index contributed by atoms with van der Waals surface area (Å²) in [5, 5.41) is 0. The Balaban J connectivity index is 2.34. The zero-order valence-corrected chi connectivity index (χ0v) is 9.04. The van der Waals surface area contributed by atoms with Gasteiger partial charge in [-0.3, -0.25) is 0 Å². The lowest BCUT2D eigenvalue weighted by Gasteiger charge is -2.28. The molecular formula is H3N3S6. The van der Waals surface area contributed by atoms with E-state index in [1.54, 1.807) is 9.35 Å². The fraction of sp³-hybridized carbons (Fsp3) is 0. The van der Waals surface area contributed by atoms with Crippen LogP contribution in [0.1, 0.15) is 0 Å². The number of hydrogen-bond acceptors (Lipinski definition) is 9. The van der Waals surface area contributed by atoms with Crippen LogP contribution in [-0.2, 0) is 0 Å². The lowest BCUT2D eigenvalue weighted by molar-refractivity contribution is 1.07. The maximum absolute atomic E-state index is 4.04. The molecule has 0 N–H and O–H groups in total. The van der Waals surface area contributed by atoms with Gasteiger partial charge in [-0.25, -0.2) is 0 Å². The van der Waals surface area contributed by atoms with Crippen molar-refractivity contribution in [3.05, 3.63) is 0 Å². The van der Waals surface area contributed by atoms with Crippen molar-refractivity contribution in [2.24, 2.45) is 0 Å². The predicted molar refractivity (Wildman–Crippen MR) is 55.2 cm³/mol. The number of thiol groups is 3. The molecule has 0 bridgehead atoms. The molecule has 1 aliphatic heterocycles. The van der Waals surface area contributed by atoms with E-state index in [1.165, 1.54) is 36.4 Å². The van der Waals surface area contributed by atoms with Gasteiger partial charge in [0.25, 0.3) is 0 Å². The molecule has 1 aliphatic rings. The Morgan fingerprint density at radius 2 is 0.889 bits per heavy atom. The van der Waals surface area contributed by atoms with Crippen molar-refractivity contribution >= 4 is 74.8 Å². The third-order valence-electron chi connectivity index (χ3n) is 0.419. The van der Waals surface area contributed by atoms with Crippen molar-refractivity contribution in [1.82, 2.24) is 9.35 Å². The van der Waals surface area contributed by atoms with E-state index in [0.717, 1.165) is 0 Å². The molecule has 0 saturated carbocycles. The van der Waals surface area contributed by atoms with Gasteiger partial charge < -0.3 is 0 Å². The number of rotatable bonds is 0. The van der Waals surface area contributed by atoms with E-state index < -0.39 is 0 Å². The van der Waals surface area contributed by atoms with Crippen molar-refractivity contribution < 1.29 is 0 Å². The Kier molecular flexibility index (Phi) is 4.15. The van der Waals surface area contributed by atoms with Crippen molar-refractivity contribution in [3.63, 3.8) is 0 Å². The van der Waals surface area contributed by atoms with Crippen molar-refractivity contribution in [2.45, 2.75) is 0 Å². The Labute approximate surface area is 83.7 Å². The molecule has 3 nitrogen and oxygen atoms in total. The highest BCUT2D eigenvalue weighted by atomic mass is 32.3. The average Bonchev–Trinajstić information content (AvgIpc) is 1.59. The summed E-state index contributed by atoms with van der Waals surface area (Å²) in [5.74, 6) is 0. The van der Waals surface area contributed by atoms with Crippen LogP contribution in [0.2, 0.25) is 0 Å². The van der Waals surface area contributed by atoms with E-state index in [9.17, 15) is 0 Å². The van der Waals surface area contributed by atoms with Gasteiger partial charge in [-0.1, -0.05) is 38.4 Å². The Morgan fingerprint density at radius 1 is 0.667 bits per heavy atom. The van der Waals surface area contributed by atoms with Crippen LogP contribution in [-0.4, -0.2) is 9.35 Å². The highest BCUT2D eigenvalue weighted by molar-refractivity contribution is 8.36. The van der Waals surface area contributed by atoms with Crippen LogP contribution in [0.4, 0.5) is 0 Å². The molecule has 0 aromatic rings. The summed E-state index contributed by atoms with van der Waals surface area (Å²) < 4.78 is 4.91. The molecule has 0 aromatic heterocycles. The fourth-order valence-corrected chi connectivity index (χ4v) is 5.24. The van der Waals surface area contributed by atoms with Crippen molar-refractivity contribution in [3.8, 4) is 0 Å². The maximum atomic E-state index is 4.04. The second-order valence-corrected chi connectivity index (χ2v) is 7.16. The largest absolute Gasteiger partial charge is 0.108 e. The first-order chi connectivity index (χ1) is 4.18. The zero-order chi connectivity index (χ0) is 6.85. The lowest BCUT2D eigenvalue weighted by atomic mass is 13.7. The summed E-state index contributed by atoms with van der Waals surface area (Å²) in [7, 11) is 0. The summed E-state index contributed by atoms with van der Waals surface area (Å²) in [6, 6.07) is 0. The first kappa shape index (κ1) is 9.07. The van der Waals surface area contributed by atoms with Crippen molar-refractivity contribution in [1.29, 1.82) is 0 Å². The van der Waals surface area contributed by atoms with Crippen LogP contribution in [0.3, 0.4) is 0 Å². The molecule has 9 heteroatoms. The molecule has 9 heavy (non-hydrogen) atoms. The van der Waals surface area contributed by atoms with Crippen LogP contribution in [0.15, 0.2) is 0 Å². The van der Waals surface area contributed by atoms with E-state index in [0.29, 0.717) is 0 Å². The summed E-state index contributed by atoms with van der Waals surface area (Å²) in [6.45, 7) is 0. The Bertz CT molecular complexity index is 69.3. The monoisotopic (exact) mass is 237 g/mol. The van der Waals surface area contributed by atoms with Gasteiger partial charge >= 0.3 is 0 Å². The molecule has 0 unspecified atom stereocenters. The first-order valence-corrected chi connectivity index (χ1v) is 5.09. The normalized spacial score (nSPS) is 27.0. The molecule has 0 aliphatic carbocycles. The van der Waals surface area contributed by atoms with Crippen LogP contribution >= 0.6 is 74.8 Å². The lowest BCUT2D eigenvalue weighted by Crippen LogP contribution is -2.12. The standard InChI is InChI=1S/H3N3S6/c4-1-7-2(5)9-3(6)8-1/h4-6H. The molecule has 1 fully saturated rings. The molecule has 0 atom stereocenters. The van der Waals surface area contributed by atoms with Gasteiger partial charge in [0, 0.05) is 0 Å². The minimum Gasteiger partial charge on any atom is -0.108 e. The van der Waals surface area contributed by atoms with Crippen LogP contribution in [0.25, 0.3) is 0 Å². The van der Waals surface area contributed by atoms with Crippen LogP contribution in [0, 0.1) is 0 Å². The molecule has 0 spiro atoms. The summed E-state index contributed by atoms with van der Waals surface area (Å²) in [5.41, 5.74) is 0. The van der Waals surface area contributed by atoms with E-state index in [4.69, 9.17) is 0 Å². The molecule has 0 amide bonds. The first-order valence-electron chi connectivity index (χ1n) is 1.70. The summed E-state index contributed by atoms with van der Waals surface area (Å²) >= 11 is 16.3. The van der Waals surface area contributed by atoms with Crippen LogP contribution < -0.4 is 0 Å². The van der Waals surface area contributed by atoms with E-state index in [-0.39, 0.29) is 0 Å². The van der Waals surface area contributed by atoms with E-state index in [2.05, 4.69) is 38.4 Å². The van der Waals surface area contributed by atoms with Gasteiger partial charge in [0.2, 0.25) is 0 Å². The molecule has 1 rings (SSSR count). The molecule has 1 saturated heterocycles. The van der Waals surface area contributed by atoms with Gasteiger partial charge in [-0.2, -0.15) is 0 Å². The second kappa shape index (κ2) is 4.12. The summed E-state index contributed by atoms with van der Waals surface area (Å²) in [4.78, 5) is 0. The minimum atomic E-state index is 1.38. The zero-order valence-electron chi connectivity index (χ0n) is 3.91. The highest BCUT2D eigenvalue weighted by Gasteiger charge is 2.20. The third-order valence-corrected chi connectivity index (χ3v) is 3.77. The molecular weight excluding hydrogens is 234 g/mol. The quantitative estimate of drug-likeness (QED) is 0.437. The molecule has 0 radical (unpaired) electrons. The molecule has 0 aromatic carbocycles. The molecule has 1 heterocycles. The highest BCUT2D eigenvalue weighted by Crippen LogP contribution is 2.46. The number of hydrogen-bond donors (Lipinski definition) is 3. The third kappa shape index (κ3) is 3.25. The average molecular weight is 237 g/mol. The molecule has 54 valence electrons. The second-order valence-electron chi connectivity index (χ2n) is 0.958. The fourth-order valence-electron chi connectivity index (χ4n) is 0.224. The van der Waals surface area contributed by atoms with Gasteiger partial charge in [0.15, 0.2) is 0 Å². The number of nitrogens with zero attached hydrogens (tertiary/aromatic N) is 3. The smallest absolute Gasteiger partial charge is 0.0556 e. The van der Waals surface area contributed by atoms with E-state index in [1.807, 2.05) is 0 Å².